The molecular weight excluding hydrogens is 322 g/mol. The Labute approximate surface area is 150 Å². The van der Waals surface area contributed by atoms with Crippen LogP contribution in [-0.2, 0) is 6.42 Å². The van der Waals surface area contributed by atoms with Crippen molar-refractivity contribution in [1.82, 2.24) is 10.3 Å². The first-order valence-electron chi connectivity index (χ1n) is 7.94. The van der Waals surface area contributed by atoms with Crippen LogP contribution < -0.4 is 22.6 Å². The first-order valence-corrected chi connectivity index (χ1v) is 8.84. The molecule has 0 fully saturated rings. The lowest BCUT2D eigenvalue weighted by molar-refractivity contribution is 0.0946. The van der Waals surface area contributed by atoms with Crippen molar-refractivity contribution >= 4 is 29.9 Å². The SMILES string of the molecule is C/C(N)=C(\c1cc2c(c(N)c1C)CCNC2=O)N(C)N.CC.CS. The first kappa shape index (κ1) is 22.1. The van der Waals surface area contributed by atoms with Crippen molar-refractivity contribution in [3.8, 4) is 0 Å². The number of nitrogens with one attached hydrogen (secondary N) is 1. The summed E-state index contributed by atoms with van der Waals surface area (Å²) in [5.74, 6) is 5.75. The van der Waals surface area contributed by atoms with Crippen molar-refractivity contribution in [1.29, 1.82) is 0 Å². The maximum Gasteiger partial charge on any atom is 0.251 e. The summed E-state index contributed by atoms with van der Waals surface area (Å²) in [5, 5.41) is 4.27. The lowest BCUT2D eigenvalue weighted by Crippen LogP contribution is -2.33. The molecule has 1 aromatic carbocycles. The van der Waals surface area contributed by atoms with E-state index in [-0.39, 0.29) is 5.91 Å². The Morgan fingerprint density at radius 1 is 1.33 bits per heavy atom. The smallest absolute Gasteiger partial charge is 0.251 e. The third-order valence-electron chi connectivity index (χ3n) is 3.63. The predicted molar refractivity (Wildman–Crippen MR) is 107 cm³/mol. The maximum atomic E-state index is 12.0. The molecule has 0 atom stereocenters. The molecule has 7 N–H and O–H groups in total. The van der Waals surface area contributed by atoms with Crippen molar-refractivity contribution in [2.24, 2.45) is 11.6 Å². The van der Waals surface area contributed by atoms with E-state index in [2.05, 4.69) is 17.9 Å². The fraction of sp³-hybridized carbons (Fsp3) is 0.471. The predicted octanol–water partition coefficient (Wildman–Crippen LogP) is 1.89. The summed E-state index contributed by atoms with van der Waals surface area (Å²) in [6, 6.07) is 1.82. The molecule has 0 radical (unpaired) electrons. The largest absolute Gasteiger partial charge is 0.401 e. The zero-order valence-corrected chi connectivity index (χ0v) is 16.4. The quantitative estimate of drug-likeness (QED) is 0.241. The molecule has 0 saturated carbocycles. The number of thiol groups is 1. The molecular formula is C17H31N5OS. The Bertz CT molecular complexity index is 607. The van der Waals surface area contributed by atoms with Crippen molar-refractivity contribution < 1.29 is 4.79 Å². The third kappa shape index (κ3) is 4.58. The number of anilines is 1. The Kier molecular flexibility index (Phi) is 9.32. The van der Waals surface area contributed by atoms with Gasteiger partial charge in [0.15, 0.2) is 0 Å². The van der Waals surface area contributed by atoms with E-state index >= 15 is 0 Å². The average Bonchev–Trinajstić information content (AvgIpc) is 2.56. The molecule has 1 heterocycles. The second-order valence-corrected chi connectivity index (χ2v) is 5.14. The van der Waals surface area contributed by atoms with Gasteiger partial charge < -0.3 is 21.8 Å². The number of benzene rings is 1. The Balaban J connectivity index is 0.00000123. The lowest BCUT2D eigenvalue weighted by Gasteiger charge is -2.25. The van der Waals surface area contributed by atoms with Gasteiger partial charge in [-0.15, -0.1) is 0 Å². The fourth-order valence-corrected chi connectivity index (χ4v) is 2.65. The minimum Gasteiger partial charge on any atom is -0.401 e. The number of allylic oxidation sites excluding steroid dienone is 1. The second kappa shape index (κ2) is 10.1. The van der Waals surface area contributed by atoms with Gasteiger partial charge in [-0.2, -0.15) is 12.6 Å². The molecule has 0 unspecified atom stereocenters. The van der Waals surface area contributed by atoms with E-state index in [1.165, 1.54) is 5.01 Å². The molecule has 1 aliphatic rings. The summed E-state index contributed by atoms with van der Waals surface area (Å²) < 4.78 is 0. The number of carbonyl (C=O) groups excluding carboxylic acids is 1. The number of carbonyl (C=O) groups is 1. The summed E-state index contributed by atoms with van der Waals surface area (Å²) in [4.78, 5) is 12.0. The number of hydrogen-bond acceptors (Lipinski definition) is 6. The van der Waals surface area contributed by atoms with E-state index in [4.69, 9.17) is 17.3 Å². The number of hydrazine groups is 1. The van der Waals surface area contributed by atoms with Crippen LogP contribution in [0.1, 0.15) is 47.8 Å². The fourth-order valence-electron chi connectivity index (χ4n) is 2.65. The minimum atomic E-state index is -0.104. The highest BCUT2D eigenvalue weighted by atomic mass is 32.1. The van der Waals surface area contributed by atoms with Crippen molar-refractivity contribution in [3.63, 3.8) is 0 Å². The Morgan fingerprint density at radius 2 is 1.88 bits per heavy atom. The summed E-state index contributed by atoms with van der Waals surface area (Å²) in [6.45, 7) is 8.31. The van der Waals surface area contributed by atoms with E-state index < -0.39 is 0 Å². The highest BCUT2D eigenvalue weighted by molar-refractivity contribution is 7.79. The number of nitrogens with zero attached hydrogens (tertiary/aromatic N) is 1. The van der Waals surface area contributed by atoms with E-state index in [1.54, 1.807) is 20.2 Å². The summed E-state index contributed by atoms with van der Waals surface area (Å²) in [7, 11) is 1.71. The normalized spacial score (nSPS) is 13.2. The van der Waals surface area contributed by atoms with Gasteiger partial charge in [-0.25, -0.2) is 5.84 Å². The molecule has 0 bridgehead atoms. The van der Waals surface area contributed by atoms with E-state index in [9.17, 15) is 4.79 Å². The van der Waals surface area contributed by atoms with Gasteiger partial charge in [-0.05, 0) is 43.7 Å². The van der Waals surface area contributed by atoms with Crippen LogP contribution in [0.15, 0.2) is 11.8 Å². The number of rotatable bonds is 2. The van der Waals surface area contributed by atoms with Crippen molar-refractivity contribution in [2.45, 2.75) is 34.1 Å². The third-order valence-corrected chi connectivity index (χ3v) is 3.63. The summed E-state index contributed by atoms with van der Waals surface area (Å²) in [5.41, 5.74) is 17.2. The zero-order chi connectivity index (χ0) is 19.0. The highest BCUT2D eigenvalue weighted by Crippen LogP contribution is 2.32. The van der Waals surface area contributed by atoms with Crippen molar-refractivity contribution in [2.75, 3.05) is 25.6 Å². The molecule has 0 spiro atoms. The second-order valence-electron chi connectivity index (χ2n) is 5.14. The van der Waals surface area contributed by atoms with Gasteiger partial charge in [0.2, 0.25) is 0 Å². The maximum absolute atomic E-state index is 12.0. The molecule has 0 saturated heterocycles. The molecule has 24 heavy (non-hydrogen) atoms. The van der Waals surface area contributed by atoms with Gasteiger partial charge in [0.25, 0.3) is 5.91 Å². The number of amides is 1. The Hall–Kier alpha value is -1.86. The van der Waals surface area contributed by atoms with Gasteiger partial charge in [0.1, 0.15) is 0 Å². The number of hydrogen-bond donors (Lipinski definition) is 5. The van der Waals surface area contributed by atoms with Crippen LogP contribution >= 0.6 is 12.6 Å². The molecule has 1 aliphatic heterocycles. The van der Waals surface area contributed by atoms with Crippen LogP contribution in [0.2, 0.25) is 0 Å². The van der Waals surface area contributed by atoms with Crippen molar-refractivity contribution in [3.05, 3.63) is 34.0 Å². The summed E-state index contributed by atoms with van der Waals surface area (Å²) in [6.07, 6.45) is 2.44. The highest BCUT2D eigenvalue weighted by Gasteiger charge is 2.24. The van der Waals surface area contributed by atoms with Crippen LogP contribution in [0.4, 0.5) is 5.69 Å². The number of nitrogens with two attached hydrogens (primary N) is 3. The molecule has 0 aliphatic carbocycles. The summed E-state index contributed by atoms with van der Waals surface area (Å²) >= 11 is 3.53. The average molecular weight is 354 g/mol. The Morgan fingerprint density at radius 3 is 2.33 bits per heavy atom. The zero-order valence-electron chi connectivity index (χ0n) is 15.5. The molecule has 2 rings (SSSR count). The van der Waals surface area contributed by atoms with Crippen LogP contribution in [0.25, 0.3) is 5.70 Å². The lowest BCUT2D eigenvalue weighted by atomic mass is 9.90. The van der Waals surface area contributed by atoms with Crippen LogP contribution in [0, 0.1) is 6.92 Å². The molecule has 1 aromatic rings. The van der Waals surface area contributed by atoms with Gasteiger partial charge >= 0.3 is 0 Å². The first-order chi connectivity index (χ1) is 11.3. The molecule has 7 heteroatoms. The van der Waals surface area contributed by atoms with E-state index in [0.29, 0.717) is 29.2 Å². The van der Waals surface area contributed by atoms with Crippen LogP contribution in [0.3, 0.4) is 0 Å². The minimum absolute atomic E-state index is 0.104. The molecule has 6 nitrogen and oxygen atoms in total. The van der Waals surface area contributed by atoms with E-state index in [0.717, 1.165) is 23.1 Å². The van der Waals surface area contributed by atoms with Gasteiger partial charge in [-0.3, -0.25) is 4.79 Å². The number of nitrogen functional groups attached to an aromatic ring is 1. The standard InChI is InChI=1S/C14H21N5O.C2H6.CH4S/c1-7-10(13(8(2)15)19(3)17)6-11-9(12(7)16)4-5-18-14(11)20;2*1-2/h6H,4-5,15-17H2,1-3H3,(H,18,20);1-2H3;2H,1H3/b13-8-;;. The molecule has 1 amide bonds. The number of fused-ring (bicyclic) bond motifs is 1. The van der Waals surface area contributed by atoms with Gasteiger partial charge in [-0.1, -0.05) is 13.8 Å². The van der Waals surface area contributed by atoms with Gasteiger partial charge in [0, 0.05) is 36.1 Å². The molecule has 136 valence electrons. The van der Waals surface area contributed by atoms with Crippen LogP contribution in [0.5, 0.6) is 0 Å². The van der Waals surface area contributed by atoms with Gasteiger partial charge in [0.05, 0.1) is 5.70 Å². The van der Waals surface area contributed by atoms with E-state index in [1.807, 2.05) is 26.8 Å². The monoisotopic (exact) mass is 353 g/mol. The molecule has 0 aromatic heterocycles. The topological polar surface area (TPSA) is 110 Å². The van der Waals surface area contributed by atoms with Crippen LogP contribution in [-0.4, -0.2) is 30.8 Å².